The highest BCUT2D eigenvalue weighted by Gasteiger charge is 2.08. The largest absolute Gasteiger partial charge is 0.458 e. The summed E-state index contributed by atoms with van der Waals surface area (Å²) < 4.78 is 17.6. The van der Waals surface area contributed by atoms with Crippen molar-refractivity contribution in [2.45, 2.75) is 53.4 Å². The summed E-state index contributed by atoms with van der Waals surface area (Å²) in [7, 11) is 0. The molecular weight excluding hydrogens is 359 g/mol. The van der Waals surface area contributed by atoms with E-state index in [1.807, 2.05) is 13.0 Å². The summed E-state index contributed by atoms with van der Waals surface area (Å²) in [4.78, 5) is 15.9. The smallest absolute Gasteiger partial charge is 0.206 e. The molecule has 1 aromatic carbocycles. The van der Waals surface area contributed by atoms with Crippen molar-refractivity contribution in [1.29, 1.82) is 0 Å². The lowest BCUT2D eigenvalue weighted by Crippen LogP contribution is -2.14. The third kappa shape index (κ3) is 8.84. The molecule has 2 N–H and O–H groups in total. The van der Waals surface area contributed by atoms with E-state index in [1.54, 1.807) is 6.07 Å². The minimum atomic E-state index is -0.315. The van der Waals surface area contributed by atoms with Crippen molar-refractivity contribution in [3.8, 4) is 0 Å². The molecule has 0 saturated carbocycles. The molecule has 154 valence electrons. The third-order valence-electron chi connectivity index (χ3n) is 4.26. The van der Waals surface area contributed by atoms with Crippen molar-refractivity contribution < 1.29 is 18.4 Å². The molecule has 5 nitrogen and oxygen atoms in total. The number of ketones is 1. The Hall–Kier alpha value is -2.63. The molecule has 0 unspecified atom stereocenters. The second kappa shape index (κ2) is 12.7. The summed E-state index contributed by atoms with van der Waals surface area (Å²) in [5.74, 6) is 1.88. The first kappa shape index (κ1) is 23.4. The van der Waals surface area contributed by atoms with Crippen LogP contribution in [0.4, 0.5) is 4.39 Å². The number of furan rings is 1. The van der Waals surface area contributed by atoms with Gasteiger partial charge in [0.25, 0.3) is 0 Å². The van der Waals surface area contributed by atoms with Gasteiger partial charge in [-0.15, -0.1) is 0 Å². The first-order chi connectivity index (χ1) is 13.4. The average Bonchev–Trinajstić information content (AvgIpc) is 3.11. The van der Waals surface area contributed by atoms with Crippen LogP contribution in [0.5, 0.6) is 0 Å². The van der Waals surface area contributed by atoms with Crippen LogP contribution in [-0.4, -0.2) is 18.2 Å². The second-order valence-corrected chi connectivity index (χ2v) is 6.66. The van der Waals surface area contributed by atoms with Gasteiger partial charge in [-0.3, -0.25) is 4.79 Å². The number of halogens is 1. The molecule has 0 spiro atoms. The van der Waals surface area contributed by atoms with Crippen molar-refractivity contribution in [3.63, 3.8) is 0 Å². The second-order valence-electron chi connectivity index (χ2n) is 6.66. The molecule has 0 radical (unpaired) electrons. The SMILES string of the molecule is CC(=O)c1ccc(F)cc1.CCCC[C@@H](CC)CO/N=C(\N)c1ccc(C)o1. The monoisotopic (exact) mass is 390 g/mol. The van der Waals surface area contributed by atoms with Gasteiger partial charge in [-0.05, 0) is 69.0 Å². The van der Waals surface area contributed by atoms with Gasteiger partial charge in [0.2, 0.25) is 5.84 Å². The Kier molecular flexibility index (Phi) is 10.6. The number of amidine groups is 1. The number of carbonyl (C=O) groups excluding carboxylic acids is 1. The Labute approximate surface area is 166 Å². The Bertz CT molecular complexity index is 738. The van der Waals surface area contributed by atoms with Crippen LogP contribution in [0.25, 0.3) is 0 Å². The maximum Gasteiger partial charge on any atom is 0.206 e. The van der Waals surface area contributed by atoms with Crippen LogP contribution in [0.1, 0.15) is 68.3 Å². The summed E-state index contributed by atoms with van der Waals surface area (Å²) in [6, 6.07) is 9.14. The van der Waals surface area contributed by atoms with Crippen LogP contribution < -0.4 is 5.73 Å². The molecule has 0 aliphatic carbocycles. The van der Waals surface area contributed by atoms with E-state index < -0.39 is 0 Å². The lowest BCUT2D eigenvalue weighted by Gasteiger charge is -2.12. The van der Waals surface area contributed by atoms with Gasteiger partial charge in [0.15, 0.2) is 11.5 Å². The highest BCUT2D eigenvalue weighted by atomic mass is 19.1. The van der Waals surface area contributed by atoms with Gasteiger partial charge < -0.3 is 15.0 Å². The minimum absolute atomic E-state index is 0.0417. The van der Waals surface area contributed by atoms with Crippen molar-refractivity contribution >= 4 is 11.6 Å². The maximum absolute atomic E-state index is 12.2. The van der Waals surface area contributed by atoms with Gasteiger partial charge in [-0.1, -0.05) is 31.8 Å². The van der Waals surface area contributed by atoms with E-state index in [0.29, 0.717) is 29.7 Å². The van der Waals surface area contributed by atoms with Gasteiger partial charge in [0.05, 0.1) is 0 Å². The van der Waals surface area contributed by atoms with Gasteiger partial charge in [0, 0.05) is 5.56 Å². The zero-order valence-corrected chi connectivity index (χ0v) is 17.2. The number of nitrogens with two attached hydrogens (primary N) is 1. The number of aryl methyl sites for hydroxylation is 1. The zero-order valence-electron chi connectivity index (χ0n) is 17.2. The van der Waals surface area contributed by atoms with Crippen molar-refractivity contribution in [2.24, 2.45) is 16.8 Å². The highest BCUT2D eigenvalue weighted by molar-refractivity contribution is 5.94. The summed E-state index contributed by atoms with van der Waals surface area (Å²) in [6.07, 6.45) is 4.74. The molecule has 0 saturated heterocycles. The summed E-state index contributed by atoms with van der Waals surface area (Å²) in [5.41, 5.74) is 6.31. The van der Waals surface area contributed by atoms with E-state index >= 15 is 0 Å². The number of nitrogens with zero attached hydrogens (tertiary/aromatic N) is 1. The summed E-state index contributed by atoms with van der Waals surface area (Å²) >= 11 is 0. The molecule has 1 heterocycles. The van der Waals surface area contributed by atoms with Gasteiger partial charge >= 0.3 is 0 Å². The number of hydrogen-bond donors (Lipinski definition) is 1. The third-order valence-corrected chi connectivity index (χ3v) is 4.26. The fourth-order valence-corrected chi connectivity index (χ4v) is 2.41. The first-order valence-electron chi connectivity index (χ1n) is 9.66. The fourth-order valence-electron chi connectivity index (χ4n) is 2.41. The lowest BCUT2D eigenvalue weighted by atomic mass is 10.0. The Balaban J connectivity index is 0.000000330. The molecule has 1 aromatic heterocycles. The molecule has 0 fully saturated rings. The molecular formula is C22H31FN2O3. The van der Waals surface area contributed by atoms with Crippen molar-refractivity contribution in [3.05, 3.63) is 59.3 Å². The molecule has 1 atom stereocenters. The fraction of sp³-hybridized carbons (Fsp3) is 0.455. The molecule has 28 heavy (non-hydrogen) atoms. The number of oxime groups is 1. The van der Waals surface area contributed by atoms with E-state index in [0.717, 1.165) is 12.2 Å². The number of Topliss-reactive ketones (excluding diaryl/α,β-unsaturated/α-hetero) is 1. The standard InChI is InChI=1S/C14H24N2O2.C8H7FO/c1-4-6-7-12(5-2)10-17-16-14(15)13-9-8-11(3)18-13;1-6(10)7-2-4-8(9)5-3-7/h8-9,12H,4-7,10H2,1-3H3,(H2,15,16);2-5H,1H3/t12-;/m1./s1. The first-order valence-corrected chi connectivity index (χ1v) is 9.66. The van der Waals surface area contributed by atoms with E-state index in [9.17, 15) is 9.18 Å². The Morgan fingerprint density at radius 1 is 1.21 bits per heavy atom. The minimum Gasteiger partial charge on any atom is -0.458 e. The molecule has 2 aromatic rings. The van der Waals surface area contributed by atoms with Gasteiger partial charge in [-0.2, -0.15) is 0 Å². The predicted molar refractivity (Wildman–Crippen MR) is 110 cm³/mol. The van der Waals surface area contributed by atoms with Crippen molar-refractivity contribution in [1.82, 2.24) is 0 Å². The number of hydrogen-bond acceptors (Lipinski definition) is 4. The summed E-state index contributed by atoms with van der Waals surface area (Å²) in [6.45, 7) is 8.31. The van der Waals surface area contributed by atoms with Gasteiger partial charge in [0.1, 0.15) is 18.2 Å². The van der Waals surface area contributed by atoms with Crippen molar-refractivity contribution in [2.75, 3.05) is 6.61 Å². The highest BCUT2D eigenvalue weighted by Crippen LogP contribution is 2.13. The summed E-state index contributed by atoms with van der Waals surface area (Å²) in [5, 5.41) is 3.90. The topological polar surface area (TPSA) is 77.8 Å². The number of carbonyl (C=O) groups is 1. The lowest BCUT2D eigenvalue weighted by molar-refractivity contribution is 0.101. The van der Waals surface area contributed by atoms with E-state index in [-0.39, 0.29) is 11.6 Å². The van der Waals surface area contributed by atoms with Gasteiger partial charge in [-0.25, -0.2) is 4.39 Å². The van der Waals surface area contributed by atoms with Crippen LogP contribution in [0.3, 0.4) is 0 Å². The molecule has 0 amide bonds. The van der Waals surface area contributed by atoms with Crippen LogP contribution in [-0.2, 0) is 4.84 Å². The van der Waals surface area contributed by atoms with E-state index in [1.165, 1.54) is 50.5 Å². The number of rotatable bonds is 9. The molecule has 0 bridgehead atoms. The normalized spacial score (nSPS) is 12.1. The Morgan fingerprint density at radius 3 is 2.39 bits per heavy atom. The van der Waals surface area contributed by atoms with E-state index in [4.69, 9.17) is 15.0 Å². The number of benzene rings is 1. The molecule has 0 aliphatic heterocycles. The van der Waals surface area contributed by atoms with E-state index in [2.05, 4.69) is 19.0 Å². The predicted octanol–water partition coefficient (Wildman–Crippen LogP) is 5.47. The molecule has 2 rings (SSSR count). The van der Waals surface area contributed by atoms with Crippen LogP contribution in [0.2, 0.25) is 0 Å². The quantitative estimate of drug-likeness (QED) is 0.266. The van der Waals surface area contributed by atoms with Crippen LogP contribution >= 0.6 is 0 Å². The van der Waals surface area contributed by atoms with Crippen LogP contribution in [0, 0.1) is 18.7 Å². The molecule has 6 heteroatoms. The Morgan fingerprint density at radius 2 is 1.89 bits per heavy atom. The zero-order chi connectivity index (χ0) is 20.9. The van der Waals surface area contributed by atoms with Crippen LogP contribution in [0.15, 0.2) is 46.0 Å². The number of unbranched alkanes of at least 4 members (excludes halogenated alkanes) is 1. The maximum atomic E-state index is 12.2. The average molecular weight is 390 g/mol. The molecule has 0 aliphatic rings.